The summed E-state index contributed by atoms with van der Waals surface area (Å²) in [6.07, 6.45) is -2.89. The molecule has 0 aliphatic rings. The van der Waals surface area contributed by atoms with E-state index in [2.05, 4.69) is 15.1 Å². The van der Waals surface area contributed by atoms with Crippen molar-refractivity contribution >= 4 is 27.2 Å². The predicted molar refractivity (Wildman–Crippen MR) is 111 cm³/mol. The van der Waals surface area contributed by atoms with Gasteiger partial charge in [0.15, 0.2) is 11.6 Å². The summed E-state index contributed by atoms with van der Waals surface area (Å²) in [5, 5.41) is 3.58. The van der Waals surface area contributed by atoms with Crippen LogP contribution in [0.5, 0.6) is 0 Å². The molecule has 0 radical (unpaired) electrons. The van der Waals surface area contributed by atoms with Crippen LogP contribution in [-0.4, -0.2) is 39.5 Å². The second kappa shape index (κ2) is 9.57. The number of aromatic nitrogens is 4. The van der Waals surface area contributed by atoms with Gasteiger partial charge in [-0.15, -0.1) is 0 Å². The van der Waals surface area contributed by atoms with Gasteiger partial charge in [-0.1, -0.05) is 18.5 Å². The van der Waals surface area contributed by atoms with E-state index >= 15 is 0 Å². The summed E-state index contributed by atoms with van der Waals surface area (Å²) in [6, 6.07) is 4.19. The first kappa shape index (κ1) is 26.6. The van der Waals surface area contributed by atoms with Crippen LogP contribution in [0.1, 0.15) is 47.4 Å². The van der Waals surface area contributed by atoms with E-state index in [1.807, 2.05) is 0 Å². The molecular formula is C20H15ClF6N4O3S. The molecule has 0 spiro atoms. The fourth-order valence-electron chi connectivity index (χ4n) is 3.08. The zero-order valence-electron chi connectivity index (χ0n) is 17.6. The van der Waals surface area contributed by atoms with Crippen LogP contribution in [0.15, 0.2) is 47.8 Å². The standard InChI is InChI=1S/C20H15ClF6N4O3S/c1-11(18-29-10-30-31(18)17-5-3-13(9-28-17)19(22,23)24)2-4-16(32)12-6-14(21)8-15(7-12)35(33,34)20(25,26)27/h3,5-11H,2,4H2,1H3. The number of benzene rings is 1. The summed E-state index contributed by atoms with van der Waals surface area (Å²) in [7, 11) is -5.71. The van der Waals surface area contributed by atoms with Gasteiger partial charge in [0.2, 0.25) is 0 Å². The Bertz CT molecular complexity index is 1340. The zero-order valence-corrected chi connectivity index (χ0v) is 19.2. The minimum absolute atomic E-state index is 0.0560. The highest BCUT2D eigenvalue weighted by Crippen LogP contribution is 2.33. The molecule has 1 unspecified atom stereocenters. The Morgan fingerprint density at radius 1 is 1.09 bits per heavy atom. The maximum absolute atomic E-state index is 12.9. The van der Waals surface area contributed by atoms with E-state index in [-0.39, 0.29) is 35.1 Å². The van der Waals surface area contributed by atoms with Gasteiger partial charge >= 0.3 is 11.7 Å². The van der Waals surface area contributed by atoms with Crippen molar-refractivity contribution in [2.75, 3.05) is 0 Å². The molecule has 15 heteroatoms. The maximum Gasteiger partial charge on any atom is 0.501 e. The third kappa shape index (κ3) is 5.81. The molecule has 35 heavy (non-hydrogen) atoms. The van der Waals surface area contributed by atoms with Gasteiger partial charge < -0.3 is 0 Å². The van der Waals surface area contributed by atoms with Crippen LogP contribution in [0.4, 0.5) is 26.3 Å². The molecular weight excluding hydrogens is 526 g/mol. The maximum atomic E-state index is 12.9. The van der Waals surface area contributed by atoms with Gasteiger partial charge in [-0.3, -0.25) is 4.79 Å². The average molecular weight is 541 g/mol. The number of halogens is 7. The molecule has 0 fully saturated rings. The highest BCUT2D eigenvalue weighted by atomic mass is 35.5. The van der Waals surface area contributed by atoms with Gasteiger partial charge in [-0.05, 0) is 36.8 Å². The molecule has 1 aromatic carbocycles. The van der Waals surface area contributed by atoms with Crippen molar-refractivity contribution in [3.63, 3.8) is 0 Å². The Hall–Kier alpha value is -3.00. The minimum atomic E-state index is -5.71. The number of alkyl halides is 6. The Balaban J connectivity index is 1.77. The van der Waals surface area contributed by atoms with E-state index in [0.29, 0.717) is 18.3 Å². The molecule has 2 heterocycles. The molecule has 3 rings (SSSR count). The number of pyridine rings is 1. The van der Waals surface area contributed by atoms with E-state index in [9.17, 15) is 39.6 Å². The van der Waals surface area contributed by atoms with Crippen molar-refractivity contribution in [2.45, 2.75) is 42.3 Å². The lowest BCUT2D eigenvalue weighted by Gasteiger charge is -2.13. The van der Waals surface area contributed by atoms with Crippen molar-refractivity contribution in [3.05, 3.63) is 64.8 Å². The van der Waals surface area contributed by atoms with Crippen LogP contribution in [-0.2, 0) is 16.0 Å². The summed E-state index contributed by atoms with van der Waals surface area (Å²) in [4.78, 5) is 19.2. The van der Waals surface area contributed by atoms with Gasteiger partial charge in [-0.25, -0.2) is 18.4 Å². The monoisotopic (exact) mass is 540 g/mol. The van der Waals surface area contributed by atoms with Gasteiger partial charge in [0.25, 0.3) is 9.84 Å². The third-order valence-corrected chi connectivity index (χ3v) is 6.60. The van der Waals surface area contributed by atoms with Crippen LogP contribution >= 0.6 is 11.6 Å². The van der Waals surface area contributed by atoms with Crippen LogP contribution in [0, 0.1) is 0 Å². The number of Topliss-reactive ketones (excluding diaryl/α,β-unsaturated/α-hetero) is 1. The fourth-order valence-corrected chi connectivity index (χ4v) is 4.21. The van der Waals surface area contributed by atoms with Crippen molar-refractivity contribution in [1.82, 2.24) is 19.7 Å². The van der Waals surface area contributed by atoms with Gasteiger partial charge in [0.05, 0.1) is 10.5 Å². The number of sulfone groups is 1. The lowest BCUT2D eigenvalue weighted by molar-refractivity contribution is -0.137. The third-order valence-electron chi connectivity index (χ3n) is 4.92. The number of hydrogen-bond donors (Lipinski definition) is 0. The smallest absolute Gasteiger partial charge is 0.294 e. The second-order valence-corrected chi connectivity index (χ2v) is 9.80. The predicted octanol–water partition coefficient (Wildman–Crippen LogP) is 5.39. The molecule has 2 aromatic heterocycles. The average Bonchev–Trinajstić information content (AvgIpc) is 3.25. The summed E-state index contributed by atoms with van der Waals surface area (Å²) in [5.74, 6) is -0.822. The van der Waals surface area contributed by atoms with E-state index in [1.165, 1.54) is 4.68 Å². The first-order chi connectivity index (χ1) is 16.1. The van der Waals surface area contributed by atoms with E-state index in [1.54, 1.807) is 6.92 Å². The molecule has 1 atom stereocenters. The van der Waals surface area contributed by atoms with Crippen LogP contribution in [0.25, 0.3) is 5.82 Å². The van der Waals surface area contributed by atoms with E-state index in [0.717, 1.165) is 24.5 Å². The Morgan fingerprint density at radius 3 is 2.34 bits per heavy atom. The lowest BCUT2D eigenvalue weighted by Crippen LogP contribution is -2.23. The minimum Gasteiger partial charge on any atom is -0.294 e. The molecule has 0 bridgehead atoms. The lowest BCUT2D eigenvalue weighted by atomic mass is 9.99. The van der Waals surface area contributed by atoms with Crippen molar-refractivity contribution < 1.29 is 39.6 Å². The van der Waals surface area contributed by atoms with Crippen molar-refractivity contribution in [3.8, 4) is 5.82 Å². The molecule has 3 aromatic rings. The second-order valence-electron chi connectivity index (χ2n) is 7.42. The number of nitrogens with zero attached hydrogens (tertiary/aromatic N) is 4. The number of carbonyl (C=O) groups excluding carboxylic acids is 1. The molecule has 7 nitrogen and oxygen atoms in total. The first-order valence-electron chi connectivity index (χ1n) is 9.70. The van der Waals surface area contributed by atoms with Crippen molar-refractivity contribution in [1.29, 1.82) is 0 Å². The summed E-state index contributed by atoms with van der Waals surface area (Å²) >= 11 is 5.74. The SMILES string of the molecule is CC(CCC(=O)c1cc(Cl)cc(S(=O)(=O)C(F)(F)F)c1)c1ncnn1-c1ccc(C(F)(F)F)cn1. The number of carbonyl (C=O) groups is 1. The highest BCUT2D eigenvalue weighted by molar-refractivity contribution is 7.92. The molecule has 0 amide bonds. The number of ketones is 1. The molecule has 0 aliphatic heterocycles. The Labute approximate surface area is 199 Å². The molecule has 0 N–H and O–H groups in total. The van der Waals surface area contributed by atoms with Gasteiger partial charge in [0.1, 0.15) is 12.2 Å². The van der Waals surface area contributed by atoms with E-state index < -0.39 is 43.7 Å². The zero-order chi connectivity index (χ0) is 26.2. The molecule has 188 valence electrons. The quantitative estimate of drug-likeness (QED) is 0.294. The molecule has 0 aliphatic carbocycles. The Morgan fingerprint density at radius 2 is 1.77 bits per heavy atom. The van der Waals surface area contributed by atoms with Gasteiger partial charge in [0, 0.05) is 29.1 Å². The van der Waals surface area contributed by atoms with E-state index in [4.69, 9.17) is 11.6 Å². The number of rotatable bonds is 7. The van der Waals surface area contributed by atoms with Crippen molar-refractivity contribution in [2.24, 2.45) is 0 Å². The summed E-state index contributed by atoms with van der Waals surface area (Å²) in [5.41, 5.74) is -6.84. The summed E-state index contributed by atoms with van der Waals surface area (Å²) in [6.45, 7) is 1.65. The van der Waals surface area contributed by atoms with Crippen LogP contribution in [0.2, 0.25) is 5.02 Å². The van der Waals surface area contributed by atoms with Crippen LogP contribution < -0.4 is 0 Å². The largest absolute Gasteiger partial charge is 0.501 e. The number of hydrogen-bond acceptors (Lipinski definition) is 6. The van der Waals surface area contributed by atoms with Gasteiger partial charge in [-0.2, -0.15) is 36.1 Å². The molecule has 0 saturated carbocycles. The first-order valence-corrected chi connectivity index (χ1v) is 11.6. The molecule has 0 saturated heterocycles. The Kier molecular flexibility index (Phi) is 7.27. The highest BCUT2D eigenvalue weighted by Gasteiger charge is 2.47. The topological polar surface area (TPSA) is 94.8 Å². The normalized spacial score (nSPS) is 13.6. The van der Waals surface area contributed by atoms with Crippen LogP contribution in [0.3, 0.4) is 0 Å². The summed E-state index contributed by atoms with van der Waals surface area (Å²) < 4.78 is 101. The fraction of sp³-hybridized carbons (Fsp3) is 0.300.